The molecule has 120 valence electrons. The molecule has 1 aromatic carbocycles. The van der Waals surface area contributed by atoms with Crippen molar-refractivity contribution in [2.75, 3.05) is 5.32 Å². The van der Waals surface area contributed by atoms with E-state index in [9.17, 15) is 22.8 Å². The number of esters is 1. The number of carbonyl (C=O) groups is 2. The summed E-state index contributed by atoms with van der Waals surface area (Å²) in [5, 5.41) is 2.37. The van der Waals surface area contributed by atoms with Crippen LogP contribution in [0.2, 0.25) is 0 Å². The summed E-state index contributed by atoms with van der Waals surface area (Å²) in [6.45, 7) is 4.78. The topological polar surface area (TPSA) is 55.4 Å². The molecule has 1 N–H and O–H groups in total. The Morgan fingerprint density at radius 1 is 1.18 bits per heavy atom. The highest BCUT2D eigenvalue weighted by molar-refractivity contribution is 5.96. The highest BCUT2D eigenvalue weighted by Crippen LogP contribution is 2.29. The van der Waals surface area contributed by atoms with Gasteiger partial charge in [-0.05, 0) is 45.0 Å². The maximum absolute atomic E-state index is 12.4. The van der Waals surface area contributed by atoms with Crippen molar-refractivity contribution in [1.29, 1.82) is 0 Å². The number of alkyl halides is 3. The second-order valence-electron chi connectivity index (χ2n) is 4.87. The molecule has 4 nitrogen and oxygen atoms in total. The van der Waals surface area contributed by atoms with E-state index in [2.05, 4.69) is 5.32 Å². The Kier molecular flexibility index (Phi) is 5.73. The SMILES string of the molecule is CC(C)=CC(=O)O[C@H](C)C(=O)Nc1ccc(C(F)(F)F)cc1. The molecule has 0 aliphatic rings. The molecule has 0 radical (unpaired) electrons. The zero-order valence-corrected chi connectivity index (χ0v) is 12.3. The predicted octanol–water partition coefficient (Wildman–Crippen LogP) is 3.54. The summed E-state index contributed by atoms with van der Waals surface area (Å²) in [6.07, 6.45) is -4.26. The van der Waals surface area contributed by atoms with Crippen LogP contribution in [0.4, 0.5) is 18.9 Å². The lowest BCUT2D eigenvalue weighted by Crippen LogP contribution is -2.29. The van der Waals surface area contributed by atoms with Gasteiger partial charge >= 0.3 is 12.1 Å². The Morgan fingerprint density at radius 2 is 1.73 bits per heavy atom. The van der Waals surface area contributed by atoms with Gasteiger partial charge in [0.2, 0.25) is 0 Å². The van der Waals surface area contributed by atoms with Crippen molar-refractivity contribution in [3.63, 3.8) is 0 Å². The van der Waals surface area contributed by atoms with Crippen LogP contribution >= 0.6 is 0 Å². The van der Waals surface area contributed by atoms with Crippen LogP contribution in [0, 0.1) is 0 Å². The fraction of sp³-hybridized carbons (Fsp3) is 0.333. The molecule has 0 aliphatic heterocycles. The highest BCUT2D eigenvalue weighted by Gasteiger charge is 2.30. The first kappa shape index (κ1) is 17.7. The highest BCUT2D eigenvalue weighted by atomic mass is 19.4. The Bertz CT molecular complexity index is 573. The average molecular weight is 315 g/mol. The molecule has 0 heterocycles. The van der Waals surface area contributed by atoms with Gasteiger partial charge in [-0.25, -0.2) is 4.79 Å². The number of nitrogens with one attached hydrogen (secondary N) is 1. The summed E-state index contributed by atoms with van der Waals surface area (Å²) in [5.74, 6) is -1.29. The van der Waals surface area contributed by atoms with Gasteiger partial charge in [-0.1, -0.05) is 5.57 Å². The van der Waals surface area contributed by atoms with E-state index in [0.29, 0.717) is 0 Å². The van der Waals surface area contributed by atoms with Crippen LogP contribution < -0.4 is 5.32 Å². The fourth-order valence-electron chi connectivity index (χ4n) is 1.48. The van der Waals surface area contributed by atoms with Crippen LogP contribution in [0.1, 0.15) is 26.3 Å². The first-order chi connectivity index (χ1) is 10.1. The second kappa shape index (κ2) is 7.11. The van der Waals surface area contributed by atoms with Crippen molar-refractivity contribution in [3.8, 4) is 0 Å². The molecule has 0 unspecified atom stereocenters. The van der Waals surface area contributed by atoms with Gasteiger partial charge in [-0.15, -0.1) is 0 Å². The predicted molar refractivity (Wildman–Crippen MR) is 75.1 cm³/mol. The zero-order valence-electron chi connectivity index (χ0n) is 12.3. The number of amides is 1. The monoisotopic (exact) mass is 315 g/mol. The minimum absolute atomic E-state index is 0.183. The van der Waals surface area contributed by atoms with Crippen LogP contribution in [-0.4, -0.2) is 18.0 Å². The maximum atomic E-state index is 12.4. The van der Waals surface area contributed by atoms with Crippen LogP contribution in [0.3, 0.4) is 0 Å². The Hall–Kier alpha value is -2.31. The number of anilines is 1. The molecule has 7 heteroatoms. The number of carbonyl (C=O) groups excluding carboxylic acids is 2. The van der Waals surface area contributed by atoms with Gasteiger partial charge in [-0.2, -0.15) is 13.2 Å². The van der Waals surface area contributed by atoms with Crippen LogP contribution in [0.5, 0.6) is 0 Å². The summed E-state index contributed by atoms with van der Waals surface area (Å²) in [5.41, 5.74) is 0.0944. The molecule has 0 aliphatic carbocycles. The third-order valence-corrected chi connectivity index (χ3v) is 2.55. The van der Waals surface area contributed by atoms with Crippen molar-refractivity contribution in [2.24, 2.45) is 0 Å². The molecule has 1 aromatic rings. The maximum Gasteiger partial charge on any atom is 0.416 e. The molecule has 0 saturated carbocycles. The molecule has 0 saturated heterocycles. The zero-order chi connectivity index (χ0) is 16.9. The molecular weight excluding hydrogens is 299 g/mol. The molecule has 0 fully saturated rings. The van der Waals surface area contributed by atoms with E-state index in [1.807, 2.05) is 0 Å². The van der Waals surface area contributed by atoms with E-state index < -0.39 is 29.7 Å². The summed E-state index contributed by atoms with van der Waals surface area (Å²) >= 11 is 0. The van der Waals surface area contributed by atoms with Gasteiger partial charge in [0.25, 0.3) is 5.91 Å². The summed E-state index contributed by atoms with van der Waals surface area (Å²) in [4.78, 5) is 23.2. The Labute approximate surface area is 126 Å². The fourth-order valence-corrected chi connectivity index (χ4v) is 1.48. The number of benzene rings is 1. The Balaban J connectivity index is 2.65. The third kappa shape index (κ3) is 5.59. The third-order valence-electron chi connectivity index (χ3n) is 2.55. The minimum Gasteiger partial charge on any atom is -0.449 e. The number of rotatable bonds is 4. The largest absolute Gasteiger partial charge is 0.449 e. The van der Waals surface area contributed by atoms with Crippen molar-refractivity contribution >= 4 is 17.6 Å². The molecule has 1 amide bonds. The summed E-state index contributed by atoms with van der Waals surface area (Å²) in [7, 11) is 0. The lowest BCUT2D eigenvalue weighted by atomic mass is 10.2. The van der Waals surface area contributed by atoms with Gasteiger partial charge in [0.15, 0.2) is 6.10 Å². The first-order valence-electron chi connectivity index (χ1n) is 6.43. The van der Waals surface area contributed by atoms with Crippen LogP contribution in [-0.2, 0) is 20.5 Å². The molecule has 0 aromatic heterocycles. The quantitative estimate of drug-likeness (QED) is 0.683. The lowest BCUT2D eigenvalue weighted by molar-refractivity contribution is -0.148. The van der Waals surface area contributed by atoms with E-state index in [-0.39, 0.29) is 5.69 Å². The van der Waals surface area contributed by atoms with Crippen molar-refractivity contribution in [1.82, 2.24) is 0 Å². The Morgan fingerprint density at radius 3 is 2.18 bits per heavy atom. The number of allylic oxidation sites excluding steroid dienone is 1. The van der Waals surface area contributed by atoms with Crippen LogP contribution in [0.25, 0.3) is 0 Å². The van der Waals surface area contributed by atoms with E-state index in [4.69, 9.17) is 4.74 Å². The minimum atomic E-state index is -4.43. The molecular formula is C15H16F3NO3. The van der Waals surface area contributed by atoms with Gasteiger partial charge in [0.1, 0.15) is 0 Å². The number of hydrogen-bond acceptors (Lipinski definition) is 3. The molecule has 22 heavy (non-hydrogen) atoms. The lowest BCUT2D eigenvalue weighted by Gasteiger charge is -2.13. The van der Waals surface area contributed by atoms with Crippen molar-refractivity contribution < 1.29 is 27.5 Å². The molecule has 1 rings (SSSR count). The molecule has 1 atom stereocenters. The van der Waals surface area contributed by atoms with E-state index >= 15 is 0 Å². The smallest absolute Gasteiger partial charge is 0.416 e. The number of hydrogen-bond donors (Lipinski definition) is 1. The standard InChI is InChI=1S/C15H16F3NO3/c1-9(2)8-13(20)22-10(3)14(21)19-12-6-4-11(5-7-12)15(16,17)18/h4-8,10H,1-3H3,(H,19,21)/t10-/m1/s1. The average Bonchev–Trinajstić information content (AvgIpc) is 2.36. The van der Waals surface area contributed by atoms with E-state index in [1.165, 1.54) is 13.0 Å². The number of ether oxygens (including phenoxy) is 1. The van der Waals surface area contributed by atoms with Crippen LogP contribution in [0.15, 0.2) is 35.9 Å². The number of halogens is 3. The molecule has 0 bridgehead atoms. The van der Waals surface area contributed by atoms with Gasteiger partial charge in [0.05, 0.1) is 5.56 Å². The van der Waals surface area contributed by atoms with E-state index in [0.717, 1.165) is 29.8 Å². The summed E-state index contributed by atoms with van der Waals surface area (Å²) < 4.78 is 42.1. The van der Waals surface area contributed by atoms with Gasteiger partial charge < -0.3 is 10.1 Å². The summed E-state index contributed by atoms with van der Waals surface area (Å²) in [6, 6.07) is 3.97. The van der Waals surface area contributed by atoms with E-state index in [1.54, 1.807) is 13.8 Å². The molecule has 0 spiro atoms. The van der Waals surface area contributed by atoms with Gasteiger partial charge in [0, 0.05) is 11.8 Å². The normalized spacial score (nSPS) is 12.3. The van der Waals surface area contributed by atoms with Crippen molar-refractivity contribution in [2.45, 2.75) is 33.1 Å². The first-order valence-corrected chi connectivity index (χ1v) is 6.43. The van der Waals surface area contributed by atoms with Gasteiger partial charge in [-0.3, -0.25) is 4.79 Å². The van der Waals surface area contributed by atoms with Crippen molar-refractivity contribution in [3.05, 3.63) is 41.5 Å². The second-order valence-corrected chi connectivity index (χ2v) is 4.87.